The number of carbonyl (C=O) groups excluding carboxylic acids is 3. The van der Waals surface area contributed by atoms with Crippen LogP contribution in [0, 0.1) is 5.82 Å². The maximum atomic E-state index is 13.4. The molecule has 0 aliphatic carbocycles. The first-order chi connectivity index (χ1) is 13.5. The van der Waals surface area contributed by atoms with Gasteiger partial charge in [-0.05, 0) is 30.2 Å². The molecular weight excluding hydrogens is 365 g/mol. The van der Waals surface area contributed by atoms with Crippen LogP contribution in [0.1, 0.15) is 12.0 Å². The second-order valence-electron chi connectivity index (χ2n) is 6.00. The summed E-state index contributed by atoms with van der Waals surface area (Å²) in [6.45, 7) is -0.600. The smallest absolute Gasteiger partial charge is 0.326 e. The molecule has 0 unspecified atom stereocenters. The monoisotopic (exact) mass is 383 g/mol. The Kier molecular flexibility index (Phi) is 6.01. The number of halogens is 1. The number of aromatic nitrogens is 1. The first-order valence-electron chi connectivity index (χ1n) is 8.59. The summed E-state index contributed by atoms with van der Waals surface area (Å²) in [4.78, 5) is 38.3. The van der Waals surface area contributed by atoms with E-state index in [-0.39, 0.29) is 12.1 Å². The summed E-state index contributed by atoms with van der Waals surface area (Å²) in [7, 11) is 0. The number of benzene rings is 2. The van der Waals surface area contributed by atoms with Gasteiger partial charge in [0.05, 0.1) is 5.69 Å². The summed E-state index contributed by atoms with van der Waals surface area (Å²) in [5, 5.41) is 5.19. The van der Waals surface area contributed by atoms with Crippen molar-refractivity contribution in [2.45, 2.75) is 12.8 Å². The Balaban J connectivity index is 1.41. The van der Waals surface area contributed by atoms with Gasteiger partial charge in [-0.1, -0.05) is 30.3 Å². The highest BCUT2D eigenvalue weighted by atomic mass is 19.1. The minimum Gasteiger partial charge on any atom is -0.456 e. The van der Waals surface area contributed by atoms with Crippen LogP contribution in [0.25, 0.3) is 10.9 Å². The number of hydrogen-bond donors (Lipinski definition) is 3. The van der Waals surface area contributed by atoms with E-state index in [1.165, 1.54) is 24.3 Å². The summed E-state index contributed by atoms with van der Waals surface area (Å²) in [5.41, 5.74) is 1.89. The van der Waals surface area contributed by atoms with Gasteiger partial charge in [0.2, 0.25) is 0 Å². The van der Waals surface area contributed by atoms with Crippen LogP contribution in [0.15, 0.2) is 54.7 Å². The summed E-state index contributed by atoms with van der Waals surface area (Å²) in [6, 6.07) is 12.3. The number of aromatic amines is 1. The second-order valence-corrected chi connectivity index (χ2v) is 6.00. The fraction of sp³-hybridized carbons (Fsp3) is 0.150. The van der Waals surface area contributed by atoms with Gasteiger partial charge in [0.25, 0.3) is 5.91 Å². The number of ether oxygens (including phenoxy) is 1. The average molecular weight is 383 g/mol. The fourth-order valence-corrected chi connectivity index (χ4v) is 2.67. The average Bonchev–Trinajstić information content (AvgIpc) is 3.10. The van der Waals surface area contributed by atoms with Gasteiger partial charge < -0.3 is 15.0 Å². The van der Waals surface area contributed by atoms with Gasteiger partial charge in [0, 0.05) is 23.5 Å². The minimum absolute atomic E-state index is 0.0662. The van der Waals surface area contributed by atoms with Gasteiger partial charge in [0.1, 0.15) is 5.82 Å². The Morgan fingerprint density at radius 2 is 1.79 bits per heavy atom. The number of fused-ring (bicyclic) bond motifs is 1. The van der Waals surface area contributed by atoms with E-state index in [9.17, 15) is 18.8 Å². The Bertz CT molecular complexity index is 1020. The molecular formula is C20H18FN3O4. The zero-order chi connectivity index (χ0) is 19.9. The largest absolute Gasteiger partial charge is 0.456 e. The van der Waals surface area contributed by atoms with Crippen LogP contribution in [0.2, 0.25) is 0 Å². The molecule has 1 heterocycles. The van der Waals surface area contributed by atoms with E-state index >= 15 is 0 Å². The molecule has 0 atom stereocenters. The Hall–Kier alpha value is -3.68. The Labute approximate surface area is 159 Å². The Morgan fingerprint density at radius 1 is 1.04 bits per heavy atom. The summed E-state index contributed by atoms with van der Waals surface area (Å²) in [5.74, 6) is -2.00. The molecule has 0 saturated heterocycles. The molecule has 3 N–H and O–H groups in total. The molecule has 8 heteroatoms. The number of hydrogen-bond acceptors (Lipinski definition) is 4. The number of aryl methyl sites for hydroxylation is 1. The predicted molar refractivity (Wildman–Crippen MR) is 101 cm³/mol. The van der Waals surface area contributed by atoms with Crippen molar-refractivity contribution in [2.75, 3.05) is 11.9 Å². The minimum atomic E-state index is -0.912. The SMILES string of the molecule is O=C(COC(=O)CCc1c[nH]c2ccccc12)NC(=O)Nc1ccccc1F. The molecule has 0 aliphatic rings. The number of imide groups is 1. The zero-order valence-electron chi connectivity index (χ0n) is 14.8. The van der Waals surface area contributed by atoms with Crippen molar-refractivity contribution in [2.24, 2.45) is 0 Å². The Morgan fingerprint density at radius 3 is 2.61 bits per heavy atom. The normalized spacial score (nSPS) is 10.5. The molecule has 0 saturated carbocycles. The molecule has 2 aromatic carbocycles. The van der Waals surface area contributed by atoms with Crippen LogP contribution < -0.4 is 10.6 Å². The van der Waals surface area contributed by atoms with Gasteiger partial charge in [-0.25, -0.2) is 9.18 Å². The zero-order valence-corrected chi connectivity index (χ0v) is 14.8. The molecule has 0 aliphatic heterocycles. The molecule has 7 nitrogen and oxygen atoms in total. The molecule has 0 radical (unpaired) electrons. The van der Waals surface area contributed by atoms with E-state index in [0.717, 1.165) is 16.5 Å². The van der Waals surface area contributed by atoms with Crippen molar-refractivity contribution in [1.29, 1.82) is 0 Å². The molecule has 0 spiro atoms. The van der Waals surface area contributed by atoms with Gasteiger partial charge in [-0.2, -0.15) is 0 Å². The first-order valence-corrected chi connectivity index (χ1v) is 8.59. The van der Waals surface area contributed by atoms with E-state index in [2.05, 4.69) is 10.3 Å². The quantitative estimate of drug-likeness (QED) is 0.569. The fourth-order valence-electron chi connectivity index (χ4n) is 2.67. The summed E-state index contributed by atoms with van der Waals surface area (Å²) < 4.78 is 18.3. The highest BCUT2D eigenvalue weighted by Crippen LogP contribution is 2.19. The van der Waals surface area contributed by atoms with Crippen LogP contribution in [-0.4, -0.2) is 29.5 Å². The molecule has 144 valence electrons. The van der Waals surface area contributed by atoms with Crippen molar-refractivity contribution < 1.29 is 23.5 Å². The highest BCUT2D eigenvalue weighted by molar-refractivity contribution is 6.01. The number of carbonyl (C=O) groups is 3. The third kappa shape index (κ3) is 4.94. The van der Waals surface area contributed by atoms with Gasteiger partial charge in [-0.15, -0.1) is 0 Å². The maximum absolute atomic E-state index is 13.4. The van der Waals surface area contributed by atoms with Crippen molar-refractivity contribution in [1.82, 2.24) is 10.3 Å². The lowest BCUT2D eigenvalue weighted by Gasteiger charge is -2.08. The van der Waals surface area contributed by atoms with Crippen LogP contribution in [-0.2, 0) is 20.7 Å². The summed E-state index contributed by atoms with van der Waals surface area (Å²) >= 11 is 0. The van der Waals surface area contributed by atoms with E-state index < -0.39 is 30.3 Å². The van der Waals surface area contributed by atoms with Gasteiger partial charge >= 0.3 is 12.0 Å². The molecule has 0 bridgehead atoms. The number of H-pyrrole nitrogens is 1. The molecule has 28 heavy (non-hydrogen) atoms. The number of amides is 3. The van der Waals surface area contributed by atoms with Crippen molar-refractivity contribution >= 4 is 34.5 Å². The van der Waals surface area contributed by atoms with E-state index in [1.54, 1.807) is 0 Å². The number of anilines is 1. The number of urea groups is 1. The van der Waals surface area contributed by atoms with E-state index in [4.69, 9.17) is 4.74 Å². The van der Waals surface area contributed by atoms with Crippen LogP contribution in [0.3, 0.4) is 0 Å². The number of para-hydroxylation sites is 2. The van der Waals surface area contributed by atoms with E-state index in [1.807, 2.05) is 35.8 Å². The van der Waals surface area contributed by atoms with E-state index in [0.29, 0.717) is 6.42 Å². The molecule has 1 aromatic heterocycles. The lowest BCUT2D eigenvalue weighted by Crippen LogP contribution is -2.37. The lowest BCUT2D eigenvalue weighted by molar-refractivity contribution is -0.148. The molecule has 3 aromatic rings. The predicted octanol–water partition coefficient (Wildman–Crippen LogP) is 3.13. The van der Waals surface area contributed by atoms with Crippen molar-refractivity contribution in [3.8, 4) is 0 Å². The molecule has 3 amide bonds. The third-order valence-corrected chi connectivity index (χ3v) is 4.01. The van der Waals surface area contributed by atoms with Crippen molar-refractivity contribution in [3.05, 3.63) is 66.1 Å². The number of esters is 1. The molecule has 3 rings (SSSR count). The van der Waals surface area contributed by atoms with Crippen LogP contribution in [0.5, 0.6) is 0 Å². The highest BCUT2D eigenvalue weighted by Gasteiger charge is 2.13. The molecule has 0 fully saturated rings. The van der Waals surface area contributed by atoms with Gasteiger partial charge in [0.15, 0.2) is 6.61 Å². The van der Waals surface area contributed by atoms with Gasteiger partial charge in [-0.3, -0.25) is 14.9 Å². The third-order valence-electron chi connectivity index (χ3n) is 4.01. The standard InChI is InChI=1S/C20H18FN3O4/c21-15-6-2-4-8-17(15)23-20(27)24-18(25)12-28-19(26)10-9-13-11-22-16-7-3-1-5-14(13)16/h1-8,11,22H,9-10,12H2,(H2,23,24,25,27). The number of nitrogens with one attached hydrogen (secondary N) is 3. The van der Waals surface area contributed by atoms with Crippen LogP contribution >= 0.6 is 0 Å². The second kappa shape index (κ2) is 8.81. The summed E-state index contributed by atoms with van der Waals surface area (Å²) in [6.07, 6.45) is 2.38. The number of rotatable bonds is 6. The van der Waals surface area contributed by atoms with Crippen molar-refractivity contribution in [3.63, 3.8) is 0 Å². The van der Waals surface area contributed by atoms with Crippen LogP contribution in [0.4, 0.5) is 14.9 Å². The maximum Gasteiger partial charge on any atom is 0.326 e. The lowest BCUT2D eigenvalue weighted by atomic mass is 10.1. The first kappa shape index (κ1) is 19.1. The topological polar surface area (TPSA) is 100 Å².